The molecule has 0 aliphatic carbocycles. The molecule has 1 aliphatic rings. The van der Waals surface area contributed by atoms with Crippen LogP contribution in [-0.2, 0) is 0 Å². The number of aromatic carboxylic acids is 1. The van der Waals surface area contributed by atoms with Gasteiger partial charge in [0.05, 0.1) is 17.9 Å². The average Bonchev–Trinajstić information content (AvgIpc) is 3.14. The van der Waals surface area contributed by atoms with E-state index in [-0.39, 0.29) is 23.3 Å². The number of hydrogen-bond donors (Lipinski definition) is 1. The number of carbonyl (C=O) groups is 2. The van der Waals surface area contributed by atoms with Crippen molar-refractivity contribution in [3.05, 3.63) is 47.8 Å². The Labute approximate surface area is 127 Å². The highest BCUT2D eigenvalue weighted by atomic mass is 16.4. The molecule has 116 valence electrons. The Hall–Kier alpha value is -2.50. The fraction of sp³-hybridized carbons (Fsp3) is 0.375. The fourth-order valence-electron chi connectivity index (χ4n) is 2.83. The van der Waals surface area contributed by atoms with Crippen LogP contribution in [0.1, 0.15) is 58.4 Å². The molecule has 0 radical (unpaired) electrons. The third-order valence-corrected chi connectivity index (χ3v) is 3.94. The van der Waals surface area contributed by atoms with Crippen LogP contribution in [0.5, 0.6) is 0 Å². The zero-order valence-electron chi connectivity index (χ0n) is 12.0. The Morgan fingerprint density at radius 1 is 1.23 bits per heavy atom. The summed E-state index contributed by atoms with van der Waals surface area (Å²) in [6, 6.07) is 4.80. The second kappa shape index (κ2) is 6.09. The van der Waals surface area contributed by atoms with E-state index >= 15 is 0 Å². The summed E-state index contributed by atoms with van der Waals surface area (Å²) in [6.07, 6.45) is 6.50. The molecule has 1 N–H and O–H groups in total. The molecule has 3 rings (SSSR count). The summed E-state index contributed by atoms with van der Waals surface area (Å²) >= 11 is 0. The Morgan fingerprint density at radius 3 is 2.77 bits per heavy atom. The molecule has 2 aromatic heterocycles. The number of rotatable bonds is 3. The number of nitrogens with zero attached hydrogens (tertiary/aromatic N) is 1. The molecule has 3 heterocycles. The molecule has 1 saturated heterocycles. The van der Waals surface area contributed by atoms with Crippen molar-refractivity contribution in [1.82, 2.24) is 4.90 Å². The Bertz CT molecular complexity index is 658. The number of carbonyl (C=O) groups excluding carboxylic acids is 1. The SMILES string of the molecule is O=C(O)c1coc(C(=O)N2CCCCC[C@H]2c2ccco2)c1. The maximum Gasteiger partial charge on any atom is 0.338 e. The zero-order chi connectivity index (χ0) is 15.5. The van der Waals surface area contributed by atoms with Gasteiger partial charge >= 0.3 is 5.97 Å². The van der Waals surface area contributed by atoms with Crippen molar-refractivity contribution in [2.45, 2.75) is 31.7 Å². The van der Waals surface area contributed by atoms with Crippen molar-refractivity contribution in [3.8, 4) is 0 Å². The van der Waals surface area contributed by atoms with Gasteiger partial charge in [0.15, 0.2) is 5.76 Å². The maximum atomic E-state index is 12.7. The topological polar surface area (TPSA) is 83.9 Å². The lowest BCUT2D eigenvalue weighted by molar-refractivity contribution is 0.0625. The van der Waals surface area contributed by atoms with Crippen molar-refractivity contribution in [2.24, 2.45) is 0 Å². The van der Waals surface area contributed by atoms with E-state index in [9.17, 15) is 9.59 Å². The number of carboxylic acids is 1. The van der Waals surface area contributed by atoms with Gasteiger partial charge in [-0.3, -0.25) is 4.79 Å². The van der Waals surface area contributed by atoms with Gasteiger partial charge in [0.2, 0.25) is 0 Å². The number of furan rings is 2. The molecule has 1 aliphatic heterocycles. The van der Waals surface area contributed by atoms with Crippen LogP contribution in [0, 0.1) is 0 Å². The molecule has 22 heavy (non-hydrogen) atoms. The third kappa shape index (κ3) is 2.77. The van der Waals surface area contributed by atoms with E-state index in [1.807, 2.05) is 6.07 Å². The highest BCUT2D eigenvalue weighted by molar-refractivity contribution is 5.95. The molecule has 2 aromatic rings. The van der Waals surface area contributed by atoms with E-state index in [1.54, 1.807) is 17.2 Å². The first-order valence-electron chi connectivity index (χ1n) is 7.33. The Morgan fingerprint density at radius 2 is 2.09 bits per heavy atom. The van der Waals surface area contributed by atoms with Gasteiger partial charge in [0.25, 0.3) is 5.91 Å². The summed E-state index contributed by atoms with van der Waals surface area (Å²) in [6.45, 7) is 0.604. The summed E-state index contributed by atoms with van der Waals surface area (Å²) < 4.78 is 10.6. The van der Waals surface area contributed by atoms with Crippen LogP contribution in [0.3, 0.4) is 0 Å². The molecule has 1 fully saturated rings. The molecule has 0 bridgehead atoms. The lowest BCUT2D eigenvalue weighted by atomic mass is 10.1. The standard InChI is InChI=1S/C16H17NO5/c18-15(14-9-11(10-22-14)16(19)20)17-7-3-1-2-5-12(17)13-6-4-8-21-13/h4,6,8-10,12H,1-3,5,7H2,(H,19,20)/t12-/m0/s1. The second-order valence-electron chi connectivity index (χ2n) is 5.38. The number of hydrogen-bond acceptors (Lipinski definition) is 4. The number of carboxylic acid groups (broad SMARTS) is 1. The molecule has 0 aromatic carbocycles. The smallest absolute Gasteiger partial charge is 0.338 e. The Balaban J connectivity index is 1.88. The van der Waals surface area contributed by atoms with Gasteiger partial charge in [-0.25, -0.2) is 4.79 Å². The molecule has 1 atom stereocenters. The van der Waals surface area contributed by atoms with E-state index in [4.69, 9.17) is 13.9 Å². The summed E-state index contributed by atoms with van der Waals surface area (Å²) in [4.78, 5) is 25.3. The van der Waals surface area contributed by atoms with Crippen molar-refractivity contribution < 1.29 is 23.5 Å². The van der Waals surface area contributed by atoms with Gasteiger partial charge in [-0.15, -0.1) is 0 Å². The lowest BCUT2D eigenvalue weighted by Gasteiger charge is -2.27. The molecule has 6 nitrogen and oxygen atoms in total. The van der Waals surface area contributed by atoms with Gasteiger partial charge in [-0.2, -0.15) is 0 Å². The summed E-state index contributed by atoms with van der Waals surface area (Å²) in [5, 5.41) is 8.94. The predicted octanol–water partition coefficient (Wildman–Crippen LogP) is 3.33. The molecular formula is C16H17NO5. The van der Waals surface area contributed by atoms with Crippen LogP contribution in [-0.4, -0.2) is 28.4 Å². The van der Waals surface area contributed by atoms with E-state index in [0.717, 1.165) is 37.7 Å². The molecular weight excluding hydrogens is 286 g/mol. The summed E-state index contributed by atoms with van der Waals surface area (Å²) in [5.74, 6) is -0.604. The number of amides is 1. The summed E-state index contributed by atoms with van der Waals surface area (Å²) in [7, 11) is 0. The van der Waals surface area contributed by atoms with Gasteiger partial charge < -0.3 is 18.8 Å². The molecule has 6 heteroatoms. The van der Waals surface area contributed by atoms with Crippen molar-refractivity contribution in [1.29, 1.82) is 0 Å². The van der Waals surface area contributed by atoms with Crippen LogP contribution in [0.25, 0.3) is 0 Å². The normalized spacial score (nSPS) is 18.9. The highest BCUT2D eigenvalue weighted by Gasteiger charge is 2.31. The third-order valence-electron chi connectivity index (χ3n) is 3.94. The first-order chi connectivity index (χ1) is 10.7. The minimum absolute atomic E-state index is 0.0206. The summed E-state index contributed by atoms with van der Waals surface area (Å²) in [5.41, 5.74) is -0.0206. The van der Waals surface area contributed by atoms with Gasteiger partial charge in [0.1, 0.15) is 12.0 Å². The van der Waals surface area contributed by atoms with Crippen molar-refractivity contribution >= 4 is 11.9 Å². The minimum Gasteiger partial charge on any atom is -0.478 e. The highest BCUT2D eigenvalue weighted by Crippen LogP contribution is 2.31. The van der Waals surface area contributed by atoms with E-state index in [2.05, 4.69) is 0 Å². The lowest BCUT2D eigenvalue weighted by Crippen LogP contribution is -2.34. The average molecular weight is 303 g/mol. The van der Waals surface area contributed by atoms with Crippen molar-refractivity contribution in [2.75, 3.05) is 6.54 Å². The number of likely N-dealkylation sites (tertiary alicyclic amines) is 1. The largest absolute Gasteiger partial charge is 0.478 e. The first kappa shape index (κ1) is 14.4. The maximum absolute atomic E-state index is 12.7. The van der Waals surface area contributed by atoms with Crippen LogP contribution < -0.4 is 0 Å². The fourth-order valence-corrected chi connectivity index (χ4v) is 2.83. The van der Waals surface area contributed by atoms with E-state index in [1.165, 1.54) is 6.07 Å². The molecule has 0 spiro atoms. The van der Waals surface area contributed by atoms with Crippen LogP contribution in [0.4, 0.5) is 0 Å². The quantitative estimate of drug-likeness (QED) is 0.940. The zero-order valence-corrected chi connectivity index (χ0v) is 12.0. The predicted molar refractivity (Wildman–Crippen MR) is 76.6 cm³/mol. The second-order valence-corrected chi connectivity index (χ2v) is 5.38. The van der Waals surface area contributed by atoms with Crippen LogP contribution in [0.2, 0.25) is 0 Å². The van der Waals surface area contributed by atoms with Gasteiger partial charge in [-0.1, -0.05) is 12.8 Å². The minimum atomic E-state index is -1.11. The van der Waals surface area contributed by atoms with Crippen LogP contribution in [0.15, 0.2) is 39.6 Å². The molecule has 0 unspecified atom stereocenters. The molecule has 0 saturated carbocycles. The van der Waals surface area contributed by atoms with E-state index in [0.29, 0.717) is 6.54 Å². The Kier molecular flexibility index (Phi) is 4.00. The van der Waals surface area contributed by atoms with Crippen LogP contribution >= 0.6 is 0 Å². The van der Waals surface area contributed by atoms with Gasteiger partial charge in [0, 0.05) is 12.6 Å². The monoisotopic (exact) mass is 303 g/mol. The van der Waals surface area contributed by atoms with E-state index < -0.39 is 5.97 Å². The first-order valence-corrected chi connectivity index (χ1v) is 7.33. The molecule has 1 amide bonds. The van der Waals surface area contributed by atoms with Crippen molar-refractivity contribution in [3.63, 3.8) is 0 Å². The van der Waals surface area contributed by atoms with Gasteiger partial charge in [-0.05, 0) is 25.0 Å².